The number of aryl methyl sites for hydroxylation is 1. The zero-order valence-corrected chi connectivity index (χ0v) is 12.4. The highest BCUT2D eigenvalue weighted by Gasteiger charge is 2.44. The van der Waals surface area contributed by atoms with Crippen molar-refractivity contribution >= 4 is 11.6 Å². The Morgan fingerprint density at radius 1 is 1.38 bits per heavy atom. The molecular formula is C14H20N6O. The molecule has 21 heavy (non-hydrogen) atoms. The van der Waals surface area contributed by atoms with E-state index in [1.807, 2.05) is 30.2 Å². The van der Waals surface area contributed by atoms with Gasteiger partial charge in [0.1, 0.15) is 5.54 Å². The number of aromatic nitrogens is 4. The molecule has 1 fully saturated rings. The molecule has 2 aromatic rings. The topological polar surface area (TPSA) is 68.0 Å². The molecule has 1 aliphatic heterocycles. The molecule has 1 amide bonds. The summed E-state index contributed by atoms with van der Waals surface area (Å²) in [6, 6.07) is 1.86. The molecule has 0 atom stereocenters. The Labute approximate surface area is 123 Å². The first-order chi connectivity index (χ1) is 10.1. The van der Waals surface area contributed by atoms with Gasteiger partial charge in [0.25, 0.3) is 5.91 Å². The Kier molecular flexibility index (Phi) is 3.50. The van der Waals surface area contributed by atoms with Gasteiger partial charge in [0.2, 0.25) is 0 Å². The van der Waals surface area contributed by atoms with Crippen LogP contribution < -0.4 is 10.2 Å². The van der Waals surface area contributed by atoms with Gasteiger partial charge in [-0.1, -0.05) is 0 Å². The van der Waals surface area contributed by atoms with Crippen LogP contribution in [0.1, 0.15) is 12.8 Å². The molecular weight excluding hydrogens is 268 g/mol. The van der Waals surface area contributed by atoms with Gasteiger partial charge < -0.3 is 10.2 Å². The molecule has 2 aromatic heterocycles. The fraction of sp³-hybridized carbons (Fsp3) is 0.500. The summed E-state index contributed by atoms with van der Waals surface area (Å²) in [6.07, 6.45) is 8.61. The van der Waals surface area contributed by atoms with Crippen LogP contribution in [-0.2, 0) is 17.4 Å². The summed E-state index contributed by atoms with van der Waals surface area (Å²) in [4.78, 5) is 14.8. The van der Waals surface area contributed by atoms with Crippen molar-refractivity contribution in [1.29, 1.82) is 0 Å². The third kappa shape index (κ3) is 2.33. The molecule has 112 valence electrons. The fourth-order valence-electron chi connectivity index (χ4n) is 2.91. The van der Waals surface area contributed by atoms with Crippen LogP contribution in [0.4, 0.5) is 5.69 Å². The summed E-state index contributed by atoms with van der Waals surface area (Å²) in [6.45, 7) is 1.62. The van der Waals surface area contributed by atoms with E-state index >= 15 is 0 Å². The van der Waals surface area contributed by atoms with Gasteiger partial charge in [0.05, 0.1) is 11.9 Å². The molecule has 0 radical (unpaired) electrons. The smallest absolute Gasteiger partial charge is 0.254 e. The van der Waals surface area contributed by atoms with Crippen molar-refractivity contribution in [2.45, 2.75) is 18.4 Å². The van der Waals surface area contributed by atoms with Gasteiger partial charge in [0.15, 0.2) is 0 Å². The minimum Gasteiger partial charge on any atom is -0.317 e. The van der Waals surface area contributed by atoms with Gasteiger partial charge >= 0.3 is 0 Å². The van der Waals surface area contributed by atoms with Gasteiger partial charge in [-0.15, -0.1) is 0 Å². The summed E-state index contributed by atoms with van der Waals surface area (Å²) in [5.41, 5.74) is 0.187. The maximum atomic E-state index is 13.1. The molecule has 3 rings (SSSR count). The Balaban J connectivity index is 1.95. The summed E-state index contributed by atoms with van der Waals surface area (Å²) in [5.74, 6) is 0.0562. The lowest BCUT2D eigenvalue weighted by molar-refractivity contribution is -0.128. The number of hydrogen-bond donors (Lipinski definition) is 1. The van der Waals surface area contributed by atoms with E-state index in [0.29, 0.717) is 0 Å². The zero-order valence-electron chi connectivity index (χ0n) is 12.4. The van der Waals surface area contributed by atoms with Crippen LogP contribution >= 0.6 is 0 Å². The van der Waals surface area contributed by atoms with Gasteiger partial charge in [0, 0.05) is 32.7 Å². The minimum absolute atomic E-state index is 0.0562. The van der Waals surface area contributed by atoms with Crippen LogP contribution in [-0.4, -0.2) is 45.6 Å². The minimum atomic E-state index is -0.612. The summed E-state index contributed by atoms with van der Waals surface area (Å²) >= 11 is 0. The first kappa shape index (κ1) is 13.8. The van der Waals surface area contributed by atoms with Gasteiger partial charge in [-0.3, -0.25) is 14.2 Å². The number of amides is 1. The highest BCUT2D eigenvalue weighted by Crippen LogP contribution is 2.30. The van der Waals surface area contributed by atoms with Crippen LogP contribution in [0.15, 0.2) is 30.9 Å². The van der Waals surface area contributed by atoms with E-state index in [1.54, 1.807) is 29.0 Å². The van der Waals surface area contributed by atoms with Crippen LogP contribution in [0, 0.1) is 0 Å². The molecule has 7 nitrogen and oxygen atoms in total. The monoisotopic (exact) mass is 288 g/mol. The van der Waals surface area contributed by atoms with Crippen LogP contribution in [0.3, 0.4) is 0 Å². The first-order valence-electron chi connectivity index (χ1n) is 7.11. The number of rotatable bonds is 3. The molecule has 7 heteroatoms. The third-order valence-electron chi connectivity index (χ3n) is 4.15. The Morgan fingerprint density at radius 3 is 2.71 bits per heavy atom. The van der Waals surface area contributed by atoms with E-state index in [4.69, 9.17) is 0 Å². The van der Waals surface area contributed by atoms with Gasteiger partial charge in [-0.2, -0.15) is 10.2 Å². The second kappa shape index (κ2) is 5.33. The molecule has 1 aliphatic rings. The molecule has 1 saturated heterocycles. The molecule has 1 N–H and O–H groups in total. The van der Waals surface area contributed by atoms with E-state index in [0.717, 1.165) is 31.6 Å². The average molecular weight is 288 g/mol. The number of carbonyl (C=O) groups is 1. The quantitative estimate of drug-likeness (QED) is 0.885. The zero-order chi connectivity index (χ0) is 14.9. The maximum Gasteiger partial charge on any atom is 0.254 e. The van der Waals surface area contributed by atoms with Crippen molar-refractivity contribution in [3.8, 4) is 0 Å². The van der Waals surface area contributed by atoms with Crippen molar-refractivity contribution in [2.75, 3.05) is 25.0 Å². The van der Waals surface area contributed by atoms with Crippen molar-refractivity contribution in [2.24, 2.45) is 7.05 Å². The van der Waals surface area contributed by atoms with E-state index in [2.05, 4.69) is 15.5 Å². The van der Waals surface area contributed by atoms with E-state index in [9.17, 15) is 4.79 Å². The lowest BCUT2D eigenvalue weighted by atomic mass is 9.87. The number of likely N-dealkylation sites (N-methyl/N-ethyl adjacent to an activating group) is 1. The van der Waals surface area contributed by atoms with Crippen molar-refractivity contribution in [3.63, 3.8) is 0 Å². The van der Waals surface area contributed by atoms with E-state index < -0.39 is 5.54 Å². The number of carbonyl (C=O) groups excluding carboxylic acids is 1. The standard InChI is InChI=1S/C14H20N6O/c1-18-11-12(10-17-18)19(2)13(21)14(4-7-15-8-5-14)20-9-3-6-16-20/h3,6,9-11,15H,4-5,7-8H2,1-2H3. The fourth-order valence-corrected chi connectivity index (χ4v) is 2.91. The number of nitrogens with zero attached hydrogens (tertiary/aromatic N) is 5. The van der Waals surface area contributed by atoms with E-state index in [1.165, 1.54) is 0 Å². The molecule has 3 heterocycles. The summed E-state index contributed by atoms with van der Waals surface area (Å²) in [5, 5.41) is 11.8. The van der Waals surface area contributed by atoms with Crippen molar-refractivity contribution < 1.29 is 4.79 Å². The molecule has 0 unspecified atom stereocenters. The second-order valence-electron chi connectivity index (χ2n) is 5.47. The second-order valence-corrected chi connectivity index (χ2v) is 5.47. The van der Waals surface area contributed by atoms with Gasteiger partial charge in [-0.05, 0) is 32.0 Å². The largest absolute Gasteiger partial charge is 0.317 e. The predicted molar refractivity (Wildman–Crippen MR) is 78.9 cm³/mol. The summed E-state index contributed by atoms with van der Waals surface area (Å²) in [7, 11) is 3.64. The Hall–Kier alpha value is -2.15. The van der Waals surface area contributed by atoms with Crippen molar-refractivity contribution in [3.05, 3.63) is 30.9 Å². The van der Waals surface area contributed by atoms with Gasteiger partial charge in [-0.25, -0.2) is 0 Å². The molecule has 0 spiro atoms. The molecule has 0 saturated carbocycles. The third-order valence-corrected chi connectivity index (χ3v) is 4.15. The van der Waals surface area contributed by atoms with Crippen LogP contribution in [0.2, 0.25) is 0 Å². The summed E-state index contributed by atoms with van der Waals surface area (Å²) < 4.78 is 3.51. The SMILES string of the molecule is CN(C(=O)C1(n2cccn2)CCNCC1)c1cnn(C)c1. The molecule has 0 aliphatic carbocycles. The molecule has 0 aromatic carbocycles. The number of nitrogens with one attached hydrogen (secondary N) is 1. The first-order valence-corrected chi connectivity index (χ1v) is 7.11. The van der Waals surface area contributed by atoms with Crippen LogP contribution in [0.25, 0.3) is 0 Å². The Bertz CT molecular complexity index is 611. The lowest BCUT2D eigenvalue weighted by Gasteiger charge is -2.38. The Morgan fingerprint density at radius 2 is 2.14 bits per heavy atom. The average Bonchev–Trinajstić information content (AvgIpc) is 3.18. The number of anilines is 1. The predicted octanol–water partition coefficient (Wildman–Crippen LogP) is 0.358. The lowest BCUT2D eigenvalue weighted by Crippen LogP contribution is -2.55. The number of hydrogen-bond acceptors (Lipinski definition) is 4. The molecule has 0 bridgehead atoms. The number of piperidine rings is 1. The highest BCUT2D eigenvalue weighted by molar-refractivity contribution is 5.98. The maximum absolute atomic E-state index is 13.1. The van der Waals surface area contributed by atoms with E-state index in [-0.39, 0.29) is 5.91 Å². The highest BCUT2D eigenvalue weighted by atomic mass is 16.2. The normalized spacial score (nSPS) is 17.6. The van der Waals surface area contributed by atoms with Crippen molar-refractivity contribution in [1.82, 2.24) is 24.9 Å². The van der Waals surface area contributed by atoms with Crippen LogP contribution in [0.5, 0.6) is 0 Å².